The number of hydrogen-bond donors (Lipinski definition) is 1. The summed E-state index contributed by atoms with van der Waals surface area (Å²) in [5.74, 6) is 0.928. The zero-order valence-corrected chi connectivity index (χ0v) is 12.4. The topological polar surface area (TPSA) is 55.4 Å². The van der Waals surface area contributed by atoms with Crippen molar-refractivity contribution in [1.82, 2.24) is 5.32 Å². The fourth-order valence-electron chi connectivity index (χ4n) is 2.25. The van der Waals surface area contributed by atoms with Gasteiger partial charge in [0.1, 0.15) is 11.9 Å². The van der Waals surface area contributed by atoms with Crippen molar-refractivity contribution >= 4 is 21.4 Å². The number of hydrogen-bond acceptors (Lipinski definition) is 4. The molecule has 4 nitrogen and oxygen atoms in total. The second kappa shape index (κ2) is 6.11. The standard InChI is InChI=1S/C13H18ClNO3S/c1-19(16,17)9-13(10-6-7-15-8-10)18-12-4-2-11(14)3-5-12/h2-5,10,13,15H,6-9H2,1H3/t10-,13?/m0/s1. The number of benzene rings is 1. The van der Waals surface area contributed by atoms with Gasteiger partial charge in [-0.1, -0.05) is 11.6 Å². The van der Waals surface area contributed by atoms with E-state index < -0.39 is 9.84 Å². The minimum absolute atomic E-state index is 0.0436. The summed E-state index contributed by atoms with van der Waals surface area (Å²) >= 11 is 5.82. The molecule has 1 aliphatic rings. The summed E-state index contributed by atoms with van der Waals surface area (Å²) < 4.78 is 28.9. The molecule has 1 fully saturated rings. The quantitative estimate of drug-likeness (QED) is 0.900. The van der Waals surface area contributed by atoms with Crippen LogP contribution in [0, 0.1) is 5.92 Å². The predicted octanol–water partition coefficient (Wildman–Crippen LogP) is 1.74. The highest BCUT2D eigenvalue weighted by Gasteiger charge is 2.29. The highest BCUT2D eigenvalue weighted by molar-refractivity contribution is 7.90. The Balaban J connectivity index is 2.10. The molecule has 0 aliphatic carbocycles. The molecule has 1 N–H and O–H groups in total. The second-order valence-corrected chi connectivity index (χ2v) is 7.58. The van der Waals surface area contributed by atoms with Crippen LogP contribution in [0.4, 0.5) is 0 Å². The molecule has 2 rings (SSSR count). The zero-order valence-electron chi connectivity index (χ0n) is 10.8. The van der Waals surface area contributed by atoms with Gasteiger partial charge in [-0.15, -0.1) is 0 Å². The first-order valence-corrected chi connectivity index (χ1v) is 8.68. The van der Waals surface area contributed by atoms with Crippen LogP contribution >= 0.6 is 11.6 Å². The van der Waals surface area contributed by atoms with E-state index in [0.29, 0.717) is 10.8 Å². The van der Waals surface area contributed by atoms with Crippen LogP contribution in [-0.2, 0) is 9.84 Å². The van der Waals surface area contributed by atoms with Gasteiger partial charge in [0.2, 0.25) is 0 Å². The minimum atomic E-state index is -3.07. The molecule has 0 radical (unpaired) electrons. The molecule has 0 amide bonds. The maximum Gasteiger partial charge on any atom is 0.151 e. The smallest absolute Gasteiger partial charge is 0.151 e. The Kier molecular flexibility index (Phi) is 4.71. The van der Waals surface area contributed by atoms with Crippen molar-refractivity contribution < 1.29 is 13.2 Å². The lowest BCUT2D eigenvalue weighted by atomic mass is 10.0. The van der Waals surface area contributed by atoms with Gasteiger partial charge >= 0.3 is 0 Å². The molecule has 0 saturated carbocycles. The van der Waals surface area contributed by atoms with Gasteiger partial charge in [0.25, 0.3) is 0 Å². The van der Waals surface area contributed by atoms with Crippen LogP contribution in [0.2, 0.25) is 5.02 Å². The van der Waals surface area contributed by atoms with E-state index in [1.54, 1.807) is 24.3 Å². The molecule has 6 heteroatoms. The third-order valence-corrected chi connectivity index (χ3v) is 4.38. The molecule has 1 aromatic rings. The number of rotatable bonds is 5. The molecule has 1 saturated heterocycles. The lowest BCUT2D eigenvalue weighted by Gasteiger charge is -2.23. The van der Waals surface area contributed by atoms with E-state index in [1.807, 2.05) is 0 Å². The molecule has 19 heavy (non-hydrogen) atoms. The van der Waals surface area contributed by atoms with E-state index in [4.69, 9.17) is 16.3 Å². The van der Waals surface area contributed by atoms with Crippen molar-refractivity contribution in [3.05, 3.63) is 29.3 Å². The van der Waals surface area contributed by atoms with E-state index in [0.717, 1.165) is 19.5 Å². The average Bonchev–Trinajstić information content (AvgIpc) is 2.83. The molecule has 0 bridgehead atoms. The van der Waals surface area contributed by atoms with E-state index >= 15 is 0 Å². The number of sulfone groups is 1. The van der Waals surface area contributed by atoms with Crippen molar-refractivity contribution in [3.63, 3.8) is 0 Å². The summed E-state index contributed by atoms with van der Waals surface area (Å²) in [6, 6.07) is 7.00. The second-order valence-electron chi connectivity index (χ2n) is 4.96. The summed E-state index contributed by atoms with van der Waals surface area (Å²) in [5.41, 5.74) is 0. The zero-order chi connectivity index (χ0) is 13.9. The molecule has 0 spiro atoms. The van der Waals surface area contributed by atoms with Crippen molar-refractivity contribution in [2.45, 2.75) is 12.5 Å². The van der Waals surface area contributed by atoms with E-state index in [-0.39, 0.29) is 17.8 Å². The maximum atomic E-state index is 11.5. The Morgan fingerprint density at radius 2 is 2.11 bits per heavy atom. The van der Waals surface area contributed by atoms with E-state index in [9.17, 15) is 8.42 Å². The summed E-state index contributed by atoms with van der Waals surface area (Å²) in [4.78, 5) is 0. The first-order chi connectivity index (χ1) is 8.94. The number of halogens is 1. The fourth-order valence-corrected chi connectivity index (χ4v) is 3.31. The molecule has 2 atom stereocenters. The Morgan fingerprint density at radius 3 is 2.63 bits per heavy atom. The van der Waals surface area contributed by atoms with E-state index in [1.165, 1.54) is 6.26 Å². The molecular formula is C13H18ClNO3S. The van der Waals surface area contributed by atoms with Crippen LogP contribution in [0.3, 0.4) is 0 Å². The average molecular weight is 304 g/mol. The number of nitrogens with one attached hydrogen (secondary N) is 1. The Hall–Kier alpha value is -0.780. The van der Waals surface area contributed by atoms with Gasteiger partial charge in [-0.3, -0.25) is 0 Å². The van der Waals surface area contributed by atoms with Gasteiger partial charge in [0.05, 0.1) is 5.75 Å². The van der Waals surface area contributed by atoms with E-state index in [2.05, 4.69) is 5.32 Å². The molecule has 1 heterocycles. The summed E-state index contributed by atoms with van der Waals surface area (Å²) in [6.07, 6.45) is 1.87. The first-order valence-electron chi connectivity index (χ1n) is 6.25. The van der Waals surface area contributed by atoms with Crippen molar-refractivity contribution in [2.75, 3.05) is 25.1 Å². The Labute approximate surface area is 119 Å². The van der Waals surface area contributed by atoms with Crippen LogP contribution in [0.25, 0.3) is 0 Å². The lowest BCUT2D eigenvalue weighted by Crippen LogP contribution is -2.35. The summed E-state index contributed by atoms with van der Waals surface area (Å²) in [6.45, 7) is 1.71. The van der Waals surface area contributed by atoms with Gasteiger partial charge in [-0.05, 0) is 37.2 Å². The van der Waals surface area contributed by atoms with Crippen LogP contribution in [-0.4, -0.2) is 39.6 Å². The monoisotopic (exact) mass is 303 g/mol. The molecule has 106 valence electrons. The SMILES string of the molecule is CS(=O)(=O)CC(Oc1ccc(Cl)cc1)[C@H]1CCNC1. The van der Waals surface area contributed by atoms with Crippen LogP contribution in [0.15, 0.2) is 24.3 Å². The maximum absolute atomic E-state index is 11.5. The van der Waals surface area contributed by atoms with Crippen molar-refractivity contribution in [3.8, 4) is 5.75 Å². The summed E-state index contributed by atoms with van der Waals surface area (Å²) in [5, 5.41) is 3.87. The molecular weight excluding hydrogens is 286 g/mol. The molecule has 1 aliphatic heterocycles. The van der Waals surface area contributed by atoms with Crippen molar-refractivity contribution in [2.24, 2.45) is 5.92 Å². The van der Waals surface area contributed by atoms with Gasteiger partial charge in [0.15, 0.2) is 9.84 Å². The molecule has 1 unspecified atom stereocenters. The van der Waals surface area contributed by atoms with Gasteiger partial charge < -0.3 is 10.1 Å². The predicted molar refractivity (Wildman–Crippen MR) is 76.6 cm³/mol. The highest BCUT2D eigenvalue weighted by Crippen LogP contribution is 2.22. The normalized spacial score (nSPS) is 21.3. The first kappa shape index (κ1) is 14.6. The van der Waals surface area contributed by atoms with Crippen LogP contribution in [0.1, 0.15) is 6.42 Å². The number of ether oxygens (including phenoxy) is 1. The highest BCUT2D eigenvalue weighted by atomic mass is 35.5. The third-order valence-electron chi connectivity index (χ3n) is 3.19. The van der Waals surface area contributed by atoms with Crippen LogP contribution < -0.4 is 10.1 Å². The van der Waals surface area contributed by atoms with Gasteiger partial charge in [-0.25, -0.2) is 8.42 Å². The largest absolute Gasteiger partial charge is 0.489 e. The third kappa shape index (κ3) is 4.67. The minimum Gasteiger partial charge on any atom is -0.489 e. The summed E-state index contributed by atoms with van der Waals surface area (Å²) in [7, 11) is -3.07. The van der Waals surface area contributed by atoms with Crippen LogP contribution in [0.5, 0.6) is 5.75 Å². The van der Waals surface area contributed by atoms with Gasteiger partial charge in [-0.2, -0.15) is 0 Å². The Morgan fingerprint density at radius 1 is 1.42 bits per heavy atom. The van der Waals surface area contributed by atoms with Gasteiger partial charge in [0, 0.05) is 23.7 Å². The van der Waals surface area contributed by atoms with Crippen molar-refractivity contribution in [1.29, 1.82) is 0 Å². The molecule has 1 aromatic carbocycles. The lowest BCUT2D eigenvalue weighted by molar-refractivity contribution is 0.163. The molecule has 0 aromatic heterocycles. The Bertz CT molecular complexity index is 509. The fraction of sp³-hybridized carbons (Fsp3) is 0.538.